The molecule has 1 amide bonds. The van der Waals surface area contributed by atoms with E-state index in [1.165, 1.54) is 6.07 Å². The third kappa shape index (κ3) is 3.71. The Kier molecular flexibility index (Phi) is 5.12. The van der Waals surface area contributed by atoms with E-state index in [-0.39, 0.29) is 17.8 Å². The minimum atomic E-state index is -0.730. The van der Waals surface area contributed by atoms with E-state index in [1.807, 2.05) is 65.2 Å². The van der Waals surface area contributed by atoms with E-state index in [0.717, 1.165) is 22.2 Å². The first kappa shape index (κ1) is 21.4. The molecule has 36 heavy (non-hydrogen) atoms. The number of H-pyrrole nitrogens is 1. The van der Waals surface area contributed by atoms with Crippen molar-refractivity contribution in [2.75, 3.05) is 5.32 Å². The number of hydrogen-bond donors (Lipinski definition) is 2. The maximum atomic E-state index is 13.5. The van der Waals surface area contributed by atoms with E-state index in [0.29, 0.717) is 35.5 Å². The predicted octanol–water partition coefficient (Wildman–Crippen LogP) is 4.63. The highest BCUT2D eigenvalue weighted by atomic mass is 16.5. The number of para-hydroxylation sites is 2. The van der Waals surface area contributed by atoms with Gasteiger partial charge in [-0.05, 0) is 36.4 Å². The van der Waals surface area contributed by atoms with E-state index in [1.54, 1.807) is 12.1 Å². The van der Waals surface area contributed by atoms with Crippen LogP contribution in [0.25, 0.3) is 22.3 Å². The van der Waals surface area contributed by atoms with Gasteiger partial charge in [-0.15, -0.1) is 0 Å². The highest BCUT2D eigenvalue weighted by Gasteiger charge is 2.27. The molecule has 0 fully saturated rings. The molecule has 1 aliphatic heterocycles. The van der Waals surface area contributed by atoms with E-state index in [9.17, 15) is 14.9 Å². The zero-order chi connectivity index (χ0) is 24.6. The molecule has 0 spiro atoms. The van der Waals surface area contributed by atoms with Crippen molar-refractivity contribution < 1.29 is 14.1 Å². The topological polar surface area (TPSA) is 126 Å². The molecule has 1 aliphatic rings. The molecule has 3 heterocycles. The quantitative estimate of drug-likeness (QED) is 0.380. The Balaban J connectivity index is 1.36. The Morgan fingerprint density at radius 1 is 1.14 bits per heavy atom. The third-order valence-electron chi connectivity index (χ3n) is 6.26. The SMILES string of the molecule is N#Cc1ccc(NC(=O)c2cc3cccc4c3n2CCC4Oc2ccccc2)c(-c2noc(=O)[nH]2)c1. The number of aryl methyl sites for hydroxylation is 1. The van der Waals surface area contributed by atoms with Gasteiger partial charge in [0.2, 0.25) is 0 Å². The predicted molar refractivity (Wildman–Crippen MR) is 132 cm³/mol. The first-order valence-corrected chi connectivity index (χ1v) is 11.4. The van der Waals surface area contributed by atoms with E-state index < -0.39 is 5.76 Å². The Morgan fingerprint density at radius 3 is 2.78 bits per heavy atom. The summed E-state index contributed by atoms with van der Waals surface area (Å²) in [6.07, 6.45) is 0.585. The second-order valence-corrected chi connectivity index (χ2v) is 8.44. The molecule has 0 radical (unpaired) electrons. The maximum Gasteiger partial charge on any atom is 0.439 e. The van der Waals surface area contributed by atoms with Gasteiger partial charge in [0.05, 0.1) is 22.8 Å². The van der Waals surface area contributed by atoms with Gasteiger partial charge in [-0.3, -0.25) is 14.3 Å². The van der Waals surface area contributed by atoms with Crippen LogP contribution < -0.4 is 15.8 Å². The molecule has 176 valence electrons. The van der Waals surface area contributed by atoms with Crippen molar-refractivity contribution in [1.82, 2.24) is 14.7 Å². The van der Waals surface area contributed by atoms with Crippen molar-refractivity contribution in [1.29, 1.82) is 5.26 Å². The van der Waals surface area contributed by atoms with Gasteiger partial charge in [0.1, 0.15) is 17.5 Å². The van der Waals surface area contributed by atoms with Crippen LogP contribution in [-0.4, -0.2) is 20.6 Å². The molecule has 9 heteroatoms. The zero-order valence-electron chi connectivity index (χ0n) is 18.9. The normalized spacial score (nSPS) is 14.4. The van der Waals surface area contributed by atoms with Crippen LogP contribution in [0, 0.1) is 11.3 Å². The maximum absolute atomic E-state index is 13.5. The van der Waals surface area contributed by atoms with Crippen LogP contribution in [0.1, 0.15) is 34.1 Å². The summed E-state index contributed by atoms with van der Waals surface area (Å²) in [5.41, 5.74) is 3.61. The van der Waals surface area contributed by atoms with Crippen LogP contribution in [-0.2, 0) is 6.54 Å². The number of nitrogens with one attached hydrogen (secondary N) is 2. The van der Waals surface area contributed by atoms with Crippen molar-refractivity contribution in [2.24, 2.45) is 0 Å². The molecular formula is C27H19N5O4. The number of carbonyl (C=O) groups excluding carboxylic acids is 1. The van der Waals surface area contributed by atoms with Crippen molar-refractivity contribution in [3.8, 4) is 23.2 Å². The third-order valence-corrected chi connectivity index (χ3v) is 6.26. The highest BCUT2D eigenvalue weighted by molar-refractivity contribution is 6.08. The summed E-state index contributed by atoms with van der Waals surface area (Å²) in [4.78, 5) is 27.4. The average Bonchev–Trinajstić information content (AvgIpc) is 3.51. The molecule has 6 rings (SSSR count). The van der Waals surface area contributed by atoms with Gasteiger partial charge >= 0.3 is 5.76 Å². The number of ether oxygens (including phenoxy) is 1. The molecule has 5 aromatic rings. The van der Waals surface area contributed by atoms with Gasteiger partial charge in [0.25, 0.3) is 5.91 Å². The van der Waals surface area contributed by atoms with Crippen LogP contribution >= 0.6 is 0 Å². The molecule has 0 bridgehead atoms. The zero-order valence-corrected chi connectivity index (χ0v) is 18.9. The second-order valence-electron chi connectivity index (χ2n) is 8.44. The number of benzene rings is 3. The van der Waals surface area contributed by atoms with Crippen LogP contribution in [0.15, 0.2) is 82.1 Å². The van der Waals surface area contributed by atoms with E-state index in [2.05, 4.69) is 20.0 Å². The Bertz CT molecular complexity index is 1710. The van der Waals surface area contributed by atoms with Crippen LogP contribution in [0.4, 0.5) is 5.69 Å². The molecular weight excluding hydrogens is 458 g/mol. The van der Waals surface area contributed by atoms with Crippen molar-refractivity contribution in [2.45, 2.75) is 19.1 Å². The minimum absolute atomic E-state index is 0.122. The molecule has 0 aliphatic carbocycles. The summed E-state index contributed by atoms with van der Waals surface area (Å²) in [5, 5.41) is 16.9. The highest BCUT2D eigenvalue weighted by Crippen LogP contribution is 2.37. The smallest absolute Gasteiger partial charge is 0.439 e. The van der Waals surface area contributed by atoms with Crippen LogP contribution in [0.5, 0.6) is 5.75 Å². The molecule has 0 saturated heterocycles. The first-order chi connectivity index (χ1) is 17.6. The summed E-state index contributed by atoms with van der Waals surface area (Å²) in [6, 6.07) is 24.3. The first-order valence-electron chi connectivity index (χ1n) is 11.4. The lowest BCUT2D eigenvalue weighted by atomic mass is 10.0. The number of anilines is 1. The Morgan fingerprint density at radius 2 is 2.00 bits per heavy atom. The standard InChI is InChI=1S/C27H19N5O4/c28-15-16-9-10-21(20(13-16)25-30-27(34)36-31-25)29-26(33)22-14-17-5-4-8-19-23(11-12-32(22)24(17)19)35-18-6-2-1-3-7-18/h1-10,13-14,23H,11-12H2,(H,29,33)(H,30,31,34). The summed E-state index contributed by atoms with van der Waals surface area (Å²) >= 11 is 0. The lowest BCUT2D eigenvalue weighted by Crippen LogP contribution is -2.22. The van der Waals surface area contributed by atoms with Crippen molar-refractivity contribution in [3.63, 3.8) is 0 Å². The number of aromatic amines is 1. The van der Waals surface area contributed by atoms with Gasteiger partial charge in [0.15, 0.2) is 5.82 Å². The molecule has 1 atom stereocenters. The van der Waals surface area contributed by atoms with E-state index >= 15 is 0 Å². The van der Waals surface area contributed by atoms with Crippen LogP contribution in [0.2, 0.25) is 0 Å². The molecule has 2 N–H and O–H groups in total. The summed E-state index contributed by atoms with van der Waals surface area (Å²) in [7, 11) is 0. The summed E-state index contributed by atoms with van der Waals surface area (Å²) in [5.74, 6) is -0.128. The number of rotatable bonds is 5. The number of nitriles is 1. The number of amides is 1. The fourth-order valence-electron chi connectivity index (χ4n) is 4.67. The van der Waals surface area contributed by atoms with Crippen LogP contribution in [0.3, 0.4) is 0 Å². The van der Waals surface area contributed by atoms with Gasteiger partial charge in [-0.2, -0.15) is 5.26 Å². The van der Waals surface area contributed by atoms with Gasteiger partial charge in [-0.1, -0.05) is 41.6 Å². The van der Waals surface area contributed by atoms with Crippen molar-refractivity contribution >= 4 is 22.5 Å². The van der Waals surface area contributed by atoms with Gasteiger partial charge < -0.3 is 14.6 Å². The number of carbonyl (C=O) groups is 1. The second kappa shape index (κ2) is 8.60. The molecule has 0 saturated carbocycles. The minimum Gasteiger partial charge on any atom is -0.486 e. The molecule has 9 nitrogen and oxygen atoms in total. The lowest BCUT2D eigenvalue weighted by Gasteiger charge is -2.27. The number of nitrogens with zero attached hydrogens (tertiary/aromatic N) is 3. The fraction of sp³-hybridized carbons (Fsp3) is 0.111. The van der Waals surface area contributed by atoms with E-state index in [4.69, 9.17) is 4.74 Å². The summed E-state index contributed by atoms with van der Waals surface area (Å²) in [6.45, 7) is 0.609. The lowest BCUT2D eigenvalue weighted by molar-refractivity contribution is 0.101. The molecule has 2 aromatic heterocycles. The molecule has 1 unspecified atom stereocenters. The molecule has 3 aromatic carbocycles. The average molecular weight is 477 g/mol. The largest absolute Gasteiger partial charge is 0.486 e. The number of aromatic nitrogens is 3. The van der Waals surface area contributed by atoms with Gasteiger partial charge in [-0.25, -0.2) is 4.79 Å². The van der Waals surface area contributed by atoms with Crippen molar-refractivity contribution in [3.05, 3.63) is 100 Å². The van der Waals surface area contributed by atoms with Gasteiger partial charge in [0, 0.05) is 29.5 Å². The Hall–Kier alpha value is -5.10. The summed E-state index contributed by atoms with van der Waals surface area (Å²) < 4.78 is 12.9. The Labute approximate surface area is 204 Å². The number of hydrogen-bond acceptors (Lipinski definition) is 6. The fourth-order valence-corrected chi connectivity index (χ4v) is 4.67. The monoisotopic (exact) mass is 477 g/mol.